The minimum absolute atomic E-state index is 0.0707. The first-order valence-electron chi connectivity index (χ1n) is 7.70. The molecule has 2 heterocycles. The van der Waals surface area contributed by atoms with Crippen LogP contribution in [0.4, 0.5) is 0 Å². The number of hydrogen-bond donors (Lipinski definition) is 0. The maximum absolute atomic E-state index is 12.8. The summed E-state index contributed by atoms with van der Waals surface area (Å²) in [6.45, 7) is 1.24. The first kappa shape index (κ1) is 15.9. The van der Waals surface area contributed by atoms with Crippen LogP contribution in [-0.4, -0.2) is 35.8 Å². The molecular formula is C20H17N3O. The van der Waals surface area contributed by atoms with E-state index < -0.39 is 0 Å². The predicted octanol–water partition coefficient (Wildman–Crippen LogP) is 2.93. The second-order valence-corrected chi connectivity index (χ2v) is 5.86. The molecule has 118 valence electrons. The van der Waals surface area contributed by atoms with Crippen molar-refractivity contribution in [3.63, 3.8) is 0 Å². The van der Waals surface area contributed by atoms with Crippen molar-refractivity contribution in [2.24, 2.45) is 0 Å². The Morgan fingerprint density at radius 2 is 1.75 bits per heavy atom. The number of ketones is 1. The van der Waals surface area contributed by atoms with Crippen LogP contribution in [0.3, 0.4) is 0 Å². The minimum atomic E-state index is 0.0707. The van der Waals surface area contributed by atoms with Gasteiger partial charge in [0.15, 0.2) is 5.78 Å². The average molecular weight is 315 g/mol. The summed E-state index contributed by atoms with van der Waals surface area (Å²) in [5.74, 6) is 0.0707. The van der Waals surface area contributed by atoms with Crippen molar-refractivity contribution in [1.29, 1.82) is 5.26 Å². The number of likely N-dealkylation sites (N-methyl/N-ethyl adjacent to an activating group) is 1. The summed E-state index contributed by atoms with van der Waals surface area (Å²) in [6, 6.07) is 13.1. The molecule has 0 unspecified atom stereocenters. The lowest BCUT2D eigenvalue weighted by Crippen LogP contribution is -2.34. The molecule has 4 nitrogen and oxygen atoms in total. The van der Waals surface area contributed by atoms with Gasteiger partial charge >= 0.3 is 0 Å². The maximum Gasteiger partial charge on any atom is 0.187 e. The van der Waals surface area contributed by atoms with E-state index in [4.69, 9.17) is 5.26 Å². The highest BCUT2D eigenvalue weighted by molar-refractivity contribution is 6.14. The Bertz CT molecular complexity index is 843. The highest BCUT2D eigenvalue weighted by Gasteiger charge is 2.23. The molecule has 0 bridgehead atoms. The van der Waals surface area contributed by atoms with Crippen LogP contribution in [0.2, 0.25) is 0 Å². The molecule has 24 heavy (non-hydrogen) atoms. The van der Waals surface area contributed by atoms with Gasteiger partial charge in [0.2, 0.25) is 0 Å². The largest absolute Gasteiger partial charge is 0.298 e. The van der Waals surface area contributed by atoms with Gasteiger partial charge in [0.1, 0.15) is 0 Å². The van der Waals surface area contributed by atoms with E-state index in [0.29, 0.717) is 18.7 Å². The van der Waals surface area contributed by atoms with Crippen molar-refractivity contribution >= 4 is 17.9 Å². The molecule has 0 atom stereocenters. The molecule has 0 N–H and O–H groups in total. The highest BCUT2D eigenvalue weighted by Crippen LogP contribution is 2.21. The van der Waals surface area contributed by atoms with Crippen molar-refractivity contribution in [1.82, 2.24) is 9.88 Å². The summed E-state index contributed by atoms with van der Waals surface area (Å²) in [6.07, 6.45) is 7.26. The molecule has 0 amide bonds. The zero-order chi connectivity index (χ0) is 16.9. The molecule has 1 aliphatic heterocycles. The number of likely N-dealkylation sites (tertiary alicyclic amines) is 1. The highest BCUT2D eigenvalue weighted by atomic mass is 16.1. The standard InChI is InChI=1S/C20H17N3O/c1-23-13-18(9-15-4-6-16(11-21)7-5-15)20(24)19(14-23)10-17-3-2-8-22-12-17/h2-10,12H,13-14H2,1H3/b18-9+,19-10+. The lowest BCUT2D eigenvalue weighted by Gasteiger charge is -2.26. The third kappa shape index (κ3) is 3.65. The van der Waals surface area contributed by atoms with Gasteiger partial charge in [0, 0.05) is 36.6 Å². The molecule has 0 saturated carbocycles. The molecule has 2 aromatic rings. The van der Waals surface area contributed by atoms with Crippen molar-refractivity contribution in [3.05, 3.63) is 76.6 Å². The summed E-state index contributed by atoms with van der Waals surface area (Å²) in [7, 11) is 2.00. The fraction of sp³-hybridized carbons (Fsp3) is 0.150. The summed E-state index contributed by atoms with van der Waals surface area (Å²) in [5.41, 5.74) is 3.98. The summed E-state index contributed by atoms with van der Waals surface area (Å²) in [4.78, 5) is 19.0. The summed E-state index contributed by atoms with van der Waals surface area (Å²) in [5, 5.41) is 8.86. The number of Topliss-reactive ketones (excluding diaryl/α,β-unsaturated/α-hetero) is 1. The van der Waals surface area contributed by atoms with Crippen LogP contribution in [0.5, 0.6) is 0 Å². The van der Waals surface area contributed by atoms with E-state index in [1.54, 1.807) is 24.5 Å². The van der Waals surface area contributed by atoms with E-state index in [1.807, 2.05) is 43.5 Å². The van der Waals surface area contributed by atoms with Gasteiger partial charge in [0.05, 0.1) is 11.6 Å². The van der Waals surface area contributed by atoms with Crippen molar-refractivity contribution in [2.75, 3.05) is 20.1 Å². The molecule has 1 saturated heterocycles. The van der Waals surface area contributed by atoms with E-state index in [9.17, 15) is 4.79 Å². The molecule has 1 aromatic carbocycles. The Labute approximate surface area is 141 Å². The van der Waals surface area contributed by atoms with E-state index >= 15 is 0 Å². The molecule has 1 aromatic heterocycles. The number of nitriles is 1. The monoisotopic (exact) mass is 315 g/mol. The van der Waals surface area contributed by atoms with Gasteiger partial charge < -0.3 is 0 Å². The Morgan fingerprint density at radius 1 is 1.08 bits per heavy atom. The van der Waals surface area contributed by atoms with Crippen LogP contribution in [-0.2, 0) is 4.79 Å². The number of aromatic nitrogens is 1. The van der Waals surface area contributed by atoms with Crippen LogP contribution in [0.1, 0.15) is 16.7 Å². The van der Waals surface area contributed by atoms with Crippen LogP contribution in [0.25, 0.3) is 12.2 Å². The minimum Gasteiger partial charge on any atom is -0.298 e. The van der Waals surface area contributed by atoms with Crippen LogP contribution in [0, 0.1) is 11.3 Å². The molecular weight excluding hydrogens is 298 g/mol. The van der Waals surface area contributed by atoms with Gasteiger partial charge in [-0.05, 0) is 48.5 Å². The topological polar surface area (TPSA) is 57.0 Å². The summed E-state index contributed by atoms with van der Waals surface area (Å²) < 4.78 is 0. The van der Waals surface area contributed by atoms with Crippen LogP contribution >= 0.6 is 0 Å². The van der Waals surface area contributed by atoms with Crippen molar-refractivity contribution in [3.8, 4) is 6.07 Å². The Balaban J connectivity index is 1.90. The number of piperidine rings is 1. The summed E-state index contributed by atoms with van der Waals surface area (Å²) >= 11 is 0. The number of carbonyl (C=O) groups is 1. The third-order valence-electron chi connectivity index (χ3n) is 3.87. The van der Waals surface area contributed by atoms with E-state index in [2.05, 4.69) is 16.0 Å². The van der Waals surface area contributed by atoms with Crippen LogP contribution in [0.15, 0.2) is 59.9 Å². The van der Waals surface area contributed by atoms with Gasteiger partial charge in [-0.2, -0.15) is 5.26 Å². The molecule has 0 spiro atoms. The number of nitrogens with zero attached hydrogens (tertiary/aromatic N) is 3. The number of hydrogen-bond acceptors (Lipinski definition) is 4. The van der Waals surface area contributed by atoms with Gasteiger partial charge in [-0.15, -0.1) is 0 Å². The quantitative estimate of drug-likeness (QED) is 0.800. The number of rotatable bonds is 2. The molecule has 4 heteroatoms. The van der Waals surface area contributed by atoms with Gasteiger partial charge in [0.25, 0.3) is 0 Å². The van der Waals surface area contributed by atoms with E-state index in [1.165, 1.54) is 0 Å². The molecule has 0 radical (unpaired) electrons. The number of benzene rings is 1. The predicted molar refractivity (Wildman–Crippen MR) is 93.9 cm³/mol. The number of carbonyl (C=O) groups excluding carboxylic acids is 1. The molecule has 3 rings (SSSR count). The third-order valence-corrected chi connectivity index (χ3v) is 3.87. The first-order valence-corrected chi connectivity index (χ1v) is 7.70. The van der Waals surface area contributed by atoms with Gasteiger partial charge in [-0.25, -0.2) is 0 Å². The second kappa shape index (κ2) is 7.03. The molecule has 1 aliphatic rings. The SMILES string of the molecule is CN1C/C(=C\c2ccc(C#N)cc2)C(=O)/C(=C/c2cccnc2)C1. The average Bonchev–Trinajstić information content (AvgIpc) is 2.60. The molecule has 0 aliphatic carbocycles. The van der Waals surface area contributed by atoms with Gasteiger partial charge in [-0.1, -0.05) is 18.2 Å². The number of pyridine rings is 1. The lowest BCUT2D eigenvalue weighted by atomic mass is 9.95. The molecule has 1 fully saturated rings. The maximum atomic E-state index is 12.8. The zero-order valence-corrected chi connectivity index (χ0v) is 13.4. The Hall–Kier alpha value is -3.03. The normalized spacial score (nSPS) is 18.8. The fourth-order valence-electron chi connectivity index (χ4n) is 2.73. The Morgan fingerprint density at radius 3 is 2.33 bits per heavy atom. The van der Waals surface area contributed by atoms with Crippen LogP contribution < -0.4 is 0 Å². The zero-order valence-electron chi connectivity index (χ0n) is 13.4. The van der Waals surface area contributed by atoms with E-state index in [-0.39, 0.29) is 5.78 Å². The van der Waals surface area contributed by atoms with Gasteiger partial charge in [-0.3, -0.25) is 14.7 Å². The lowest BCUT2D eigenvalue weighted by molar-refractivity contribution is -0.113. The smallest absolute Gasteiger partial charge is 0.187 e. The fourth-order valence-corrected chi connectivity index (χ4v) is 2.73. The Kier molecular flexibility index (Phi) is 4.64. The first-order chi connectivity index (χ1) is 11.7. The van der Waals surface area contributed by atoms with E-state index in [0.717, 1.165) is 22.3 Å². The van der Waals surface area contributed by atoms with Crippen molar-refractivity contribution in [2.45, 2.75) is 0 Å². The second-order valence-electron chi connectivity index (χ2n) is 5.86. The van der Waals surface area contributed by atoms with Crippen molar-refractivity contribution < 1.29 is 4.79 Å².